The summed E-state index contributed by atoms with van der Waals surface area (Å²) in [6, 6.07) is 22.1. The minimum Gasteiger partial charge on any atom is -0.352 e. The number of carbonyl (C=O) groups is 1. The SMILES string of the molecule is O=C(NCCc1ccc(F)cc1)c1cccc(Cc2nccc(Cc3ccc4ncsc4c3)n2)c1. The molecule has 2 heterocycles. The van der Waals surface area contributed by atoms with Gasteiger partial charge in [0.25, 0.3) is 5.91 Å². The standard InChI is InChI=1S/C28H23FN4OS/c29-23-7-4-19(5-8-23)10-12-31-28(34)22-3-1-2-20(14-22)17-27-30-13-11-24(33-27)15-21-6-9-25-26(16-21)35-18-32-25/h1-9,11,13-14,16,18H,10,12,15,17H2,(H,31,34). The van der Waals surface area contributed by atoms with Crippen LogP contribution in [0, 0.1) is 5.82 Å². The highest BCUT2D eigenvalue weighted by Gasteiger charge is 2.09. The van der Waals surface area contributed by atoms with Crippen molar-refractivity contribution in [1.82, 2.24) is 20.3 Å². The minimum absolute atomic E-state index is 0.137. The lowest BCUT2D eigenvalue weighted by atomic mass is 10.1. The van der Waals surface area contributed by atoms with E-state index < -0.39 is 0 Å². The molecule has 0 radical (unpaired) electrons. The van der Waals surface area contributed by atoms with Crippen LogP contribution < -0.4 is 5.32 Å². The number of carbonyl (C=O) groups excluding carboxylic acids is 1. The number of rotatable bonds is 8. The highest BCUT2D eigenvalue weighted by atomic mass is 32.1. The third kappa shape index (κ3) is 5.94. The predicted molar refractivity (Wildman–Crippen MR) is 136 cm³/mol. The lowest BCUT2D eigenvalue weighted by Crippen LogP contribution is -2.25. The fourth-order valence-corrected chi connectivity index (χ4v) is 4.66. The topological polar surface area (TPSA) is 67.8 Å². The predicted octanol–water partition coefficient (Wildman–Crippen LogP) is 5.38. The molecular weight excluding hydrogens is 459 g/mol. The van der Waals surface area contributed by atoms with Gasteiger partial charge in [0.15, 0.2) is 0 Å². The number of hydrogen-bond donors (Lipinski definition) is 1. The molecule has 174 valence electrons. The zero-order valence-electron chi connectivity index (χ0n) is 18.9. The highest BCUT2D eigenvalue weighted by molar-refractivity contribution is 7.16. The average molecular weight is 483 g/mol. The summed E-state index contributed by atoms with van der Waals surface area (Å²) in [4.78, 5) is 26.1. The van der Waals surface area contributed by atoms with E-state index in [9.17, 15) is 9.18 Å². The van der Waals surface area contributed by atoms with Gasteiger partial charge in [0.2, 0.25) is 0 Å². The third-order valence-corrected chi connectivity index (χ3v) is 6.50. The second kappa shape index (κ2) is 10.5. The Labute approximate surface area is 206 Å². The lowest BCUT2D eigenvalue weighted by molar-refractivity contribution is 0.0954. The molecule has 1 N–H and O–H groups in total. The molecule has 0 aliphatic heterocycles. The van der Waals surface area contributed by atoms with Gasteiger partial charge in [-0.05, 0) is 65.6 Å². The van der Waals surface area contributed by atoms with E-state index in [0.29, 0.717) is 24.9 Å². The van der Waals surface area contributed by atoms with Crippen molar-refractivity contribution in [2.45, 2.75) is 19.3 Å². The molecule has 5 aromatic rings. The summed E-state index contributed by atoms with van der Waals surface area (Å²) in [5.74, 6) is 0.318. The van der Waals surface area contributed by atoms with Gasteiger partial charge < -0.3 is 5.32 Å². The van der Waals surface area contributed by atoms with Gasteiger partial charge in [-0.25, -0.2) is 19.3 Å². The van der Waals surface area contributed by atoms with Crippen LogP contribution in [0.2, 0.25) is 0 Å². The molecule has 0 fully saturated rings. The smallest absolute Gasteiger partial charge is 0.251 e. The van der Waals surface area contributed by atoms with Crippen molar-refractivity contribution in [3.05, 3.63) is 124 Å². The second-order valence-corrected chi connectivity index (χ2v) is 9.19. The van der Waals surface area contributed by atoms with Crippen molar-refractivity contribution in [1.29, 1.82) is 0 Å². The summed E-state index contributed by atoms with van der Waals surface area (Å²) in [5, 5.41) is 2.93. The molecule has 7 heteroatoms. The normalized spacial score (nSPS) is 11.0. The molecule has 0 saturated heterocycles. The van der Waals surface area contributed by atoms with Crippen LogP contribution >= 0.6 is 11.3 Å². The van der Waals surface area contributed by atoms with Crippen LogP contribution in [0.25, 0.3) is 10.2 Å². The van der Waals surface area contributed by atoms with Crippen LogP contribution in [0.5, 0.6) is 0 Å². The summed E-state index contributed by atoms with van der Waals surface area (Å²) in [6.07, 6.45) is 3.69. The summed E-state index contributed by atoms with van der Waals surface area (Å²) >= 11 is 1.63. The second-order valence-electron chi connectivity index (χ2n) is 8.30. The van der Waals surface area contributed by atoms with Gasteiger partial charge in [-0.15, -0.1) is 11.3 Å². The van der Waals surface area contributed by atoms with E-state index in [2.05, 4.69) is 27.4 Å². The van der Waals surface area contributed by atoms with E-state index in [1.165, 1.54) is 22.4 Å². The van der Waals surface area contributed by atoms with Gasteiger partial charge in [-0.1, -0.05) is 30.3 Å². The Morgan fingerprint density at radius 3 is 2.60 bits per heavy atom. The van der Waals surface area contributed by atoms with E-state index in [0.717, 1.165) is 34.6 Å². The number of halogens is 1. The lowest BCUT2D eigenvalue weighted by Gasteiger charge is -2.08. The van der Waals surface area contributed by atoms with E-state index in [-0.39, 0.29) is 11.7 Å². The van der Waals surface area contributed by atoms with Crippen LogP contribution in [-0.4, -0.2) is 27.4 Å². The van der Waals surface area contributed by atoms with E-state index >= 15 is 0 Å². The quantitative estimate of drug-likeness (QED) is 0.322. The maximum Gasteiger partial charge on any atom is 0.251 e. The van der Waals surface area contributed by atoms with Crippen LogP contribution in [0.4, 0.5) is 4.39 Å². The Morgan fingerprint density at radius 2 is 1.71 bits per heavy atom. The Balaban J connectivity index is 1.21. The number of fused-ring (bicyclic) bond motifs is 1. The van der Waals surface area contributed by atoms with Crippen LogP contribution in [0.15, 0.2) is 84.5 Å². The van der Waals surface area contributed by atoms with Crippen molar-refractivity contribution < 1.29 is 9.18 Å². The molecule has 3 aromatic carbocycles. The first-order chi connectivity index (χ1) is 17.1. The molecule has 5 nitrogen and oxygen atoms in total. The van der Waals surface area contributed by atoms with Gasteiger partial charge in [0, 0.05) is 36.8 Å². The largest absolute Gasteiger partial charge is 0.352 e. The fourth-order valence-electron chi connectivity index (χ4n) is 3.92. The fraction of sp³-hybridized carbons (Fsp3) is 0.143. The molecule has 1 amide bonds. The summed E-state index contributed by atoms with van der Waals surface area (Å²) in [7, 11) is 0. The highest BCUT2D eigenvalue weighted by Crippen LogP contribution is 2.20. The molecule has 35 heavy (non-hydrogen) atoms. The van der Waals surface area contributed by atoms with Crippen LogP contribution in [-0.2, 0) is 19.3 Å². The Kier molecular flexibility index (Phi) is 6.86. The van der Waals surface area contributed by atoms with Crippen molar-refractivity contribution >= 4 is 27.5 Å². The molecule has 0 aliphatic carbocycles. The van der Waals surface area contributed by atoms with Crippen molar-refractivity contribution in [2.24, 2.45) is 0 Å². The van der Waals surface area contributed by atoms with Gasteiger partial charge in [-0.2, -0.15) is 0 Å². The number of nitrogens with one attached hydrogen (secondary N) is 1. The first-order valence-electron chi connectivity index (χ1n) is 11.4. The minimum atomic E-state index is -0.262. The Bertz CT molecular complexity index is 1470. The molecule has 0 spiro atoms. The molecule has 2 aromatic heterocycles. The number of aromatic nitrogens is 3. The van der Waals surface area contributed by atoms with E-state index in [4.69, 9.17) is 4.98 Å². The van der Waals surface area contributed by atoms with E-state index in [1.807, 2.05) is 35.8 Å². The summed E-state index contributed by atoms with van der Waals surface area (Å²) in [5.41, 5.74) is 7.55. The molecule has 0 atom stereocenters. The molecule has 0 saturated carbocycles. The molecular formula is C28H23FN4OS. The molecule has 5 rings (SSSR count). The first kappa shape index (κ1) is 22.8. The van der Waals surface area contributed by atoms with Crippen LogP contribution in [0.1, 0.15) is 38.6 Å². The molecule has 0 aliphatic rings. The maximum atomic E-state index is 13.0. The number of thiazole rings is 1. The Hall–Kier alpha value is -3.97. The van der Waals surface area contributed by atoms with Crippen molar-refractivity contribution in [2.75, 3.05) is 6.54 Å². The van der Waals surface area contributed by atoms with Gasteiger partial charge in [0.1, 0.15) is 11.6 Å². The average Bonchev–Trinajstić information content (AvgIpc) is 3.34. The van der Waals surface area contributed by atoms with Crippen molar-refractivity contribution in [3.63, 3.8) is 0 Å². The first-order valence-corrected chi connectivity index (χ1v) is 12.2. The van der Waals surface area contributed by atoms with Gasteiger partial charge in [-0.3, -0.25) is 4.79 Å². The van der Waals surface area contributed by atoms with Gasteiger partial charge in [0.05, 0.1) is 15.7 Å². The van der Waals surface area contributed by atoms with E-state index in [1.54, 1.807) is 35.7 Å². The summed E-state index contributed by atoms with van der Waals surface area (Å²) < 4.78 is 14.2. The molecule has 0 unspecified atom stereocenters. The number of hydrogen-bond acceptors (Lipinski definition) is 5. The number of benzene rings is 3. The number of nitrogens with zero attached hydrogens (tertiary/aromatic N) is 3. The number of amides is 1. The zero-order chi connectivity index (χ0) is 24.0. The third-order valence-electron chi connectivity index (χ3n) is 5.71. The van der Waals surface area contributed by atoms with Gasteiger partial charge >= 0.3 is 0 Å². The van der Waals surface area contributed by atoms with Crippen molar-refractivity contribution in [3.8, 4) is 0 Å². The zero-order valence-corrected chi connectivity index (χ0v) is 19.8. The van der Waals surface area contributed by atoms with Crippen LogP contribution in [0.3, 0.4) is 0 Å². The maximum absolute atomic E-state index is 13.0. The summed E-state index contributed by atoms with van der Waals surface area (Å²) in [6.45, 7) is 0.479. The molecule has 0 bridgehead atoms. The Morgan fingerprint density at radius 1 is 0.886 bits per heavy atom. The monoisotopic (exact) mass is 482 g/mol.